The molecule has 6 heteroatoms. The van der Waals surface area contributed by atoms with Crippen molar-refractivity contribution in [2.45, 2.75) is 51.3 Å². The molecule has 0 saturated carbocycles. The fraction of sp³-hybridized carbons (Fsp3) is 0.440. The summed E-state index contributed by atoms with van der Waals surface area (Å²) in [6.07, 6.45) is 3.15. The summed E-state index contributed by atoms with van der Waals surface area (Å²) in [5.74, 6) is 0.183. The molecule has 1 atom stereocenters. The van der Waals surface area contributed by atoms with Gasteiger partial charge in [-0.25, -0.2) is 4.39 Å². The number of amides is 2. The highest BCUT2D eigenvalue weighted by Gasteiger charge is 2.27. The van der Waals surface area contributed by atoms with Crippen LogP contribution in [0.2, 0.25) is 0 Å². The number of hydrogen-bond donors (Lipinski definition) is 1. The summed E-state index contributed by atoms with van der Waals surface area (Å²) in [6.45, 7) is 5.10. The summed E-state index contributed by atoms with van der Waals surface area (Å²) < 4.78 is 13.9. The van der Waals surface area contributed by atoms with Gasteiger partial charge in [0.15, 0.2) is 0 Å². The Morgan fingerprint density at radius 2 is 1.77 bits per heavy atom. The van der Waals surface area contributed by atoms with Crippen molar-refractivity contribution in [2.75, 3.05) is 18.8 Å². The maximum atomic E-state index is 13.9. The van der Waals surface area contributed by atoms with Crippen molar-refractivity contribution < 1.29 is 14.0 Å². The number of carbonyl (C=O) groups is 2. The topological polar surface area (TPSA) is 49.4 Å². The van der Waals surface area contributed by atoms with E-state index in [4.69, 9.17) is 0 Å². The molecule has 0 aliphatic rings. The number of unbranched alkanes of at least 4 members (excludes halogenated alkanes) is 1. The van der Waals surface area contributed by atoms with Gasteiger partial charge in [0.2, 0.25) is 11.8 Å². The molecule has 0 saturated heterocycles. The predicted molar refractivity (Wildman–Crippen MR) is 126 cm³/mol. The van der Waals surface area contributed by atoms with Gasteiger partial charge in [-0.2, -0.15) is 0 Å². The number of halogens is 1. The average Bonchev–Trinajstić information content (AvgIpc) is 2.78. The van der Waals surface area contributed by atoms with E-state index in [2.05, 4.69) is 12.2 Å². The normalized spacial score (nSPS) is 11.7. The van der Waals surface area contributed by atoms with Gasteiger partial charge in [-0.15, -0.1) is 11.8 Å². The molecule has 2 rings (SSSR count). The second-order valence-corrected chi connectivity index (χ2v) is 8.46. The number of nitrogens with zero attached hydrogens (tertiary/aromatic N) is 1. The molecule has 0 spiro atoms. The minimum absolute atomic E-state index is 0.0882. The Morgan fingerprint density at radius 3 is 2.45 bits per heavy atom. The highest BCUT2D eigenvalue weighted by Crippen LogP contribution is 2.17. The maximum absolute atomic E-state index is 13.9. The molecular formula is C25H33FN2O2S. The van der Waals surface area contributed by atoms with Gasteiger partial charge in [0.05, 0.1) is 5.75 Å². The van der Waals surface area contributed by atoms with E-state index >= 15 is 0 Å². The Morgan fingerprint density at radius 1 is 1.06 bits per heavy atom. The average molecular weight is 445 g/mol. The standard InChI is InChI=1S/C25H33FN2O2S/c1-3-5-16-27-25(30)23(4-2)28(17-15-20-11-7-6-8-12-20)24(29)19-31-18-21-13-9-10-14-22(21)26/h6-14,23H,3-5,15-19H2,1-2H3,(H,27,30). The van der Waals surface area contributed by atoms with Crippen molar-refractivity contribution in [3.63, 3.8) is 0 Å². The summed E-state index contributed by atoms with van der Waals surface area (Å²) in [6, 6.07) is 16.1. The van der Waals surface area contributed by atoms with Crippen molar-refractivity contribution in [2.24, 2.45) is 0 Å². The lowest BCUT2D eigenvalue weighted by Crippen LogP contribution is -2.50. The van der Waals surface area contributed by atoms with Crippen molar-refractivity contribution in [3.05, 3.63) is 71.5 Å². The Labute approximate surface area is 189 Å². The minimum atomic E-state index is -0.498. The molecular weight excluding hydrogens is 411 g/mol. The number of hydrogen-bond acceptors (Lipinski definition) is 3. The summed E-state index contributed by atoms with van der Waals surface area (Å²) in [7, 11) is 0. The largest absolute Gasteiger partial charge is 0.354 e. The van der Waals surface area contributed by atoms with E-state index in [0.717, 1.165) is 18.4 Å². The zero-order valence-electron chi connectivity index (χ0n) is 18.5. The van der Waals surface area contributed by atoms with Gasteiger partial charge in [0.1, 0.15) is 11.9 Å². The third-order valence-corrected chi connectivity index (χ3v) is 6.11. The third kappa shape index (κ3) is 8.37. The SMILES string of the molecule is CCCCNC(=O)C(CC)N(CCc1ccccc1)C(=O)CSCc1ccccc1F. The first-order valence-electron chi connectivity index (χ1n) is 11.0. The fourth-order valence-corrected chi connectivity index (χ4v) is 4.25. The summed E-state index contributed by atoms with van der Waals surface area (Å²) in [5, 5.41) is 2.97. The molecule has 4 nitrogen and oxygen atoms in total. The maximum Gasteiger partial charge on any atom is 0.242 e. The quantitative estimate of drug-likeness (QED) is 0.451. The van der Waals surface area contributed by atoms with Gasteiger partial charge in [-0.1, -0.05) is 68.8 Å². The fourth-order valence-electron chi connectivity index (χ4n) is 3.35. The molecule has 0 heterocycles. The van der Waals surface area contributed by atoms with Crippen LogP contribution in [0.25, 0.3) is 0 Å². The first-order valence-corrected chi connectivity index (χ1v) is 12.1. The predicted octanol–water partition coefficient (Wildman–Crippen LogP) is 4.83. The molecule has 168 valence electrons. The van der Waals surface area contributed by atoms with E-state index in [0.29, 0.717) is 37.2 Å². The zero-order chi connectivity index (χ0) is 22.5. The Kier molecular flexibility index (Phi) is 11.1. The van der Waals surface area contributed by atoms with Crippen LogP contribution in [0.3, 0.4) is 0 Å². The van der Waals surface area contributed by atoms with Crippen LogP contribution >= 0.6 is 11.8 Å². The summed E-state index contributed by atoms with van der Waals surface area (Å²) in [4.78, 5) is 27.6. The van der Waals surface area contributed by atoms with Crippen molar-refractivity contribution in [1.82, 2.24) is 10.2 Å². The van der Waals surface area contributed by atoms with Gasteiger partial charge in [-0.05, 0) is 36.5 Å². The van der Waals surface area contributed by atoms with E-state index in [1.165, 1.54) is 17.8 Å². The lowest BCUT2D eigenvalue weighted by atomic mass is 10.1. The molecule has 0 aliphatic heterocycles. The molecule has 2 aromatic carbocycles. The second kappa shape index (κ2) is 13.9. The van der Waals surface area contributed by atoms with E-state index < -0.39 is 6.04 Å². The lowest BCUT2D eigenvalue weighted by molar-refractivity contribution is -0.138. The van der Waals surface area contributed by atoms with Crippen LogP contribution in [0.15, 0.2) is 54.6 Å². The smallest absolute Gasteiger partial charge is 0.242 e. The molecule has 0 radical (unpaired) electrons. The van der Waals surface area contributed by atoms with Crippen LogP contribution in [-0.2, 0) is 21.8 Å². The Bertz CT molecular complexity index is 816. The van der Waals surface area contributed by atoms with Crippen molar-refractivity contribution >= 4 is 23.6 Å². The van der Waals surface area contributed by atoms with E-state index in [9.17, 15) is 14.0 Å². The monoisotopic (exact) mass is 444 g/mol. The van der Waals surface area contributed by atoms with Crippen molar-refractivity contribution in [3.8, 4) is 0 Å². The van der Waals surface area contributed by atoms with Crippen molar-refractivity contribution in [1.29, 1.82) is 0 Å². The van der Waals surface area contributed by atoms with E-state index in [1.807, 2.05) is 37.3 Å². The third-order valence-electron chi connectivity index (χ3n) is 5.14. The molecule has 0 bridgehead atoms. The van der Waals surface area contributed by atoms with Gasteiger partial charge >= 0.3 is 0 Å². The first kappa shape index (κ1) is 24.9. The number of rotatable bonds is 13. The van der Waals surface area contributed by atoms with Gasteiger partial charge in [0.25, 0.3) is 0 Å². The Hall–Kier alpha value is -2.34. The van der Waals surface area contributed by atoms with E-state index in [-0.39, 0.29) is 23.4 Å². The highest BCUT2D eigenvalue weighted by atomic mass is 32.2. The van der Waals surface area contributed by atoms with Gasteiger partial charge in [0, 0.05) is 18.8 Å². The molecule has 2 amide bonds. The van der Waals surface area contributed by atoms with Crippen LogP contribution in [0.4, 0.5) is 4.39 Å². The van der Waals surface area contributed by atoms with Crippen LogP contribution < -0.4 is 5.32 Å². The number of benzene rings is 2. The van der Waals surface area contributed by atoms with E-state index in [1.54, 1.807) is 23.1 Å². The molecule has 1 N–H and O–H groups in total. The highest BCUT2D eigenvalue weighted by molar-refractivity contribution is 7.99. The van der Waals surface area contributed by atoms with Crippen LogP contribution in [0.1, 0.15) is 44.2 Å². The lowest BCUT2D eigenvalue weighted by Gasteiger charge is -2.30. The molecule has 1 unspecified atom stereocenters. The molecule has 0 aromatic heterocycles. The summed E-state index contributed by atoms with van der Waals surface area (Å²) >= 11 is 1.38. The van der Waals surface area contributed by atoms with Crippen LogP contribution in [0.5, 0.6) is 0 Å². The molecule has 0 aliphatic carbocycles. The molecule has 0 fully saturated rings. The first-order chi connectivity index (χ1) is 15.1. The number of nitrogens with one attached hydrogen (secondary N) is 1. The minimum Gasteiger partial charge on any atom is -0.354 e. The van der Waals surface area contributed by atoms with Gasteiger partial charge in [-0.3, -0.25) is 9.59 Å². The number of carbonyl (C=O) groups excluding carboxylic acids is 2. The molecule has 31 heavy (non-hydrogen) atoms. The van der Waals surface area contributed by atoms with Crippen LogP contribution in [0, 0.1) is 5.82 Å². The molecule has 2 aromatic rings. The number of thioether (sulfide) groups is 1. The Balaban J connectivity index is 2.04. The van der Waals surface area contributed by atoms with Gasteiger partial charge < -0.3 is 10.2 Å². The summed E-state index contributed by atoms with van der Waals surface area (Å²) in [5.41, 5.74) is 1.71. The zero-order valence-corrected chi connectivity index (χ0v) is 19.3. The van der Waals surface area contributed by atoms with Crippen LogP contribution in [-0.4, -0.2) is 41.6 Å². The second-order valence-electron chi connectivity index (χ2n) is 7.48.